The fourth-order valence-electron chi connectivity index (χ4n) is 3.62. The van der Waals surface area contributed by atoms with Gasteiger partial charge in [-0.15, -0.1) is 0 Å². The molecule has 1 spiro atoms. The maximum Gasteiger partial charge on any atom is 0.309 e. The first-order valence-corrected chi connectivity index (χ1v) is 9.64. The lowest BCUT2D eigenvalue weighted by atomic mass is 10.1. The van der Waals surface area contributed by atoms with E-state index in [4.69, 9.17) is 18.9 Å². The summed E-state index contributed by atoms with van der Waals surface area (Å²) in [6, 6.07) is 5.55. The van der Waals surface area contributed by atoms with Crippen molar-refractivity contribution in [2.24, 2.45) is 0 Å². The van der Waals surface area contributed by atoms with Crippen molar-refractivity contribution < 1.29 is 28.5 Å². The Balaban J connectivity index is 1.37. The second-order valence-corrected chi connectivity index (χ2v) is 7.07. The normalized spacial score (nSPS) is 20.1. The van der Waals surface area contributed by atoms with Crippen LogP contribution in [0.3, 0.4) is 0 Å². The highest BCUT2D eigenvalue weighted by atomic mass is 16.7. The summed E-state index contributed by atoms with van der Waals surface area (Å²) in [5.41, 5.74) is 0.969. The zero-order chi connectivity index (χ0) is 20.0. The number of nitrogens with one attached hydrogen (secondary N) is 2. The molecule has 28 heavy (non-hydrogen) atoms. The Morgan fingerprint density at radius 2 is 1.82 bits per heavy atom. The van der Waals surface area contributed by atoms with Crippen molar-refractivity contribution in [3.05, 3.63) is 23.8 Å². The van der Waals surface area contributed by atoms with E-state index in [1.54, 1.807) is 14.2 Å². The van der Waals surface area contributed by atoms with E-state index >= 15 is 0 Å². The summed E-state index contributed by atoms with van der Waals surface area (Å²) in [5.74, 6) is -0.509. The minimum Gasteiger partial charge on any atom is -0.493 e. The van der Waals surface area contributed by atoms with Gasteiger partial charge in [-0.1, -0.05) is 6.07 Å². The molecular weight excluding hydrogens is 364 g/mol. The highest BCUT2D eigenvalue weighted by Crippen LogP contribution is 2.38. The van der Waals surface area contributed by atoms with E-state index in [0.717, 1.165) is 31.2 Å². The van der Waals surface area contributed by atoms with Crippen LogP contribution in [0.2, 0.25) is 0 Å². The lowest BCUT2D eigenvalue weighted by molar-refractivity contribution is -0.161. The molecule has 2 amide bonds. The fraction of sp³-hybridized carbons (Fsp3) is 0.600. The van der Waals surface area contributed by atoms with Gasteiger partial charge >= 0.3 is 11.8 Å². The van der Waals surface area contributed by atoms with Gasteiger partial charge in [0, 0.05) is 25.9 Å². The summed E-state index contributed by atoms with van der Waals surface area (Å²) in [6.45, 7) is 1.05. The molecule has 2 aliphatic rings. The van der Waals surface area contributed by atoms with E-state index in [1.807, 2.05) is 18.2 Å². The zero-order valence-corrected chi connectivity index (χ0v) is 16.4. The Morgan fingerprint density at radius 3 is 2.54 bits per heavy atom. The molecule has 1 aliphatic carbocycles. The molecule has 1 saturated carbocycles. The standard InChI is InChI=1S/C20H28N2O6/c1-25-16-6-5-14(11-17(16)26-2)7-10-21-18(23)19(24)22-12-15-13-27-20(28-15)8-3-4-9-20/h5-6,11,15H,3-4,7-10,12-13H2,1-2H3,(H,21,23)(H,22,24)/t15-/m0/s1. The van der Waals surface area contributed by atoms with Crippen molar-refractivity contribution in [1.29, 1.82) is 0 Å². The van der Waals surface area contributed by atoms with Gasteiger partial charge in [0.1, 0.15) is 6.10 Å². The number of carbonyl (C=O) groups excluding carboxylic acids is 2. The Labute approximate surface area is 164 Å². The van der Waals surface area contributed by atoms with Crippen LogP contribution in [0.4, 0.5) is 0 Å². The zero-order valence-electron chi connectivity index (χ0n) is 16.4. The van der Waals surface area contributed by atoms with E-state index in [2.05, 4.69) is 10.6 Å². The van der Waals surface area contributed by atoms with Gasteiger partial charge < -0.3 is 29.6 Å². The average molecular weight is 392 g/mol. The highest BCUT2D eigenvalue weighted by molar-refractivity contribution is 6.35. The van der Waals surface area contributed by atoms with Crippen LogP contribution in [0.1, 0.15) is 31.2 Å². The number of carbonyl (C=O) groups is 2. The predicted molar refractivity (Wildman–Crippen MR) is 101 cm³/mol. The maximum absolute atomic E-state index is 12.0. The third-order valence-electron chi connectivity index (χ3n) is 5.12. The monoisotopic (exact) mass is 392 g/mol. The molecule has 154 valence electrons. The molecular formula is C20H28N2O6. The first kappa shape index (κ1) is 20.4. The summed E-state index contributed by atoms with van der Waals surface area (Å²) >= 11 is 0. The van der Waals surface area contributed by atoms with Crippen LogP contribution in [0.25, 0.3) is 0 Å². The lowest BCUT2D eigenvalue weighted by Crippen LogP contribution is -2.44. The Morgan fingerprint density at radius 1 is 1.11 bits per heavy atom. The van der Waals surface area contributed by atoms with Gasteiger partial charge in [-0.25, -0.2) is 0 Å². The van der Waals surface area contributed by atoms with Crippen LogP contribution in [0, 0.1) is 0 Å². The number of benzene rings is 1. The van der Waals surface area contributed by atoms with Crippen molar-refractivity contribution in [2.45, 2.75) is 44.0 Å². The summed E-state index contributed by atoms with van der Waals surface area (Å²) in [6.07, 6.45) is 4.36. The van der Waals surface area contributed by atoms with Gasteiger partial charge in [0.05, 0.1) is 20.8 Å². The van der Waals surface area contributed by atoms with Crippen molar-refractivity contribution in [3.63, 3.8) is 0 Å². The van der Waals surface area contributed by atoms with Crippen LogP contribution < -0.4 is 20.1 Å². The molecule has 0 aromatic heterocycles. The quantitative estimate of drug-likeness (QED) is 0.677. The Bertz CT molecular complexity index is 702. The summed E-state index contributed by atoms with van der Waals surface area (Å²) in [7, 11) is 3.15. The van der Waals surface area contributed by atoms with Crippen molar-refractivity contribution in [1.82, 2.24) is 10.6 Å². The van der Waals surface area contributed by atoms with Crippen molar-refractivity contribution >= 4 is 11.8 Å². The number of rotatable bonds is 7. The van der Waals surface area contributed by atoms with E-state index in [9.17, 15) is 9.59 Å². The SMILES string of the molecule is COc1ccc(CCNC(=O)C(=O)NC[C@H]2COC3(CCCC3)O2)cc1OC. The molecule has 0 bridgehead atoms. The molecule has 8 heteroatoms. The molecule has 0 unspecified atom stereocenters. The largest absolute Gasteiger partial charge is 0.493 e. The molecule has 1 heterocycles. The number of methoxy groups -OCH3 is 2. The number of hydrogen-bond donors (Lipinski definition) is 2. The van der Waals surface area contributed by atoms with Gasteiger partial charge in [-0.05, 0) is 37.0 Å². The fourth-order valence-corrected chi connectivity index (χ4v) is 3.62. The first-order chi connectivity index (χ1) is 13.5. The number of amides is 2. The average Bonchev–Trinajstić information content (AvgIpc) is 3.35. The van der Waals surface area contributed by atoms with Crippen molar-refractivity contribution in [3.8, 4) is 11.5 Å². The molecule has 1 aromatic carbocycles. The first-order valence-electron chi connectivity index (χ1n) is 9.64. The molecule has 1 aromatic rings. The van der Waals surface area contributed by atoms with Crippen LogP contribution in [0.5, 0.6) is 11.5 Å². The smallest absolute Gasteiger partial charge is 0.309 e. The lowest BCUT2D eigenvalue weighted by Gasteiger charge is -2.21. The number of hydrogen-bond acceptors (Lipinski definition) is 6. The molecule has 1 saturated heterocycles. The van der Waals surface area contributed by atoms with Gasteiger partial charge in [0.15, 0.2) is 17.3 Å². The minimum absolute atomic E-state index is 0.207. The summed E-state index contributed by atoms with van der Waals surface area (Å²) in [5, 5.41) is 5.25. The molecule has 3 rings (SSSR count). The molecule has 2 N–H and O–H groups in total. The third kappa shape index (κ3) is 4.94. The maximum atomic E-state index is 12.0. The van der Waals surface area contributed by atoms with Crippen LogP contribution >= 0.6 is 0 Å². The molecule has 8 nitrogen and oxygen atoms in total. The van der Waals surface area contributed by atoms with Gasteiger partial charge in [-0.2, -0.15) is 0 Å². The summed E-state index contributed by atoms with van der Waals surface area (Å²) < 4.78 is 22.1. The van der Waals surface area contributed by atoms with Gasteiger partial charge in [-0.3, -0.25) is 9.59 Å². The predicted octanol–water partition coefficient (Wildman–Crippen LogP) is 1.16. The highest BCUT2D eigenvalue weighted by Gasteiger charge is 2.43. The molecule has 1 atom stereocenters. The topological polar surface area (TPSA) is 95.1 Å². The molecule has 1 aliphatic heterocycles. The second-order valence-electron chi connectivity index (χ2n) is 7.07. The van der Waals surface area contributed by atoms with E-state index in [-0.39, 0.29) is 12.6 Å². The van der Waals surface area contributed by atoms with Gasteiger partial charge in [0.2, 0.25) is 0 Å². The van der Waals surface area contributed by atoms with E-state index < -0.39 is 17.6 Å². The van der Waals surface area contributed by atoms with Crippen LogP contribution in [-0.4, -0.2) is 57.6 Å². The molecule has 0 radical (unpaired) electrons. The molecule has 2 fully saturated rings. The minimum atomic E-state index is -0.664. The second kappa shape index (κ2) is 9.25. The Hall–Kier alpha value is -2.32. The van der Waals surface area contributed by atoms with Crippen LogP contribution in [-0.2, 0) is 25.5 Å². The van der Waals surface area contributed by atoms with Crippen LogP contribution in [0.15, 0.2) is 18.2 Å². The van der Waals surface area contributed by atoms with E-state index in [1.165, 1.54) is 0 Å². The summed E-state index contributed by atoms with van der Waals surface area (Å²) in [4.78, 5) is 24.0. The van der Waals surface area contributed by atoms with Crippen molar-refractivity contribution in [2.75, 3.05) is 33.9 Å². The number of ether oxygens (including phenoxy) is 4. The van der Waals surface area contributed by atoms with E-state index in [0.29, 0.717) is 31.1 Å². The van der Waals surface area contributed by atoms with Gasteiger partial charge in [0.25, 0.3) is 0 Å². The third-order valence-corrected chi connectivity index (χ3v) is 5.12. The Kier molecular flexibility index (Phi) is 6.74.